The Morgan fingerprint density at radius 3 is 2.58 bits per heavy atom. The van der Waals surface area contributed by atoms with Gasteiger partial charge in [-0.1, -0.05) is 29.4 Å². The monoisotopic (exact) mass is 487 g/mol. The number of aryl methyl sites for hydroxylation is 1. The van der Waals surface area contributed by atoms with Crippen molar-refractivity contribution in [1.82, 2.24) is 9.78 Å². The zero-order valence-corrected chi connectivity index (χ0v) is 20.5. The van der Waals surface area contributed by atoms with Gasteiger partial charge in [-0.25, -0.2) is 0 Å². The molecule has 3 aromatic rings. The molecule has 0 fully saturated rings. The van der Waals surface area contributed by atoms with Crippen LogP contribution in [-0.2, 0) is 4.79 Å². The number of rotatable bonds is 9. The van der Waals surface area contributed by atoms with Gasteiger partial charge in [0.15, 0.2) is 0 Å². The van der Waals surface area contributed by atoms with Gasteiger partial charge in [-0.2, -0.15) is 9.78 Å². The summed E-state index contributed by atoms with van der Waals surface area (Å²) < 4.78 is 12.4. The molecule has 9 heteroatoms. The van der Waals surface area contributed by atoms with E-state index in [1.165, 1.54) is 22.5 Å². The maximum absolute atomic E-state index is 12.9. The maximum atomic E-state index is 12.9. The van der Waals surface area contributed by atoms with Gasteiger partial charge >= 0.3 is 0 Å². The van der Waals surface area contributed by atoms with Gasteiger partial charge in [0.2, 0.25) is 5.91 Å². The number of ether oxygens (including phenoxy) is 2. The van der Waals surface area contributed by atoms with E-state index < -0.39 is 5.25 Å². The topological polar surface area (TPSA) is 82.5 Å². The van der Waals surface area contributed by atoms with Crippen molar-refractivity contribution in [2.24, 2.45) is 0 Å². The average molecular weight is 488 g/mol. The molecule has 0 aliphatic carbocycles. The third-order valence-electron chi connectivity index (χ3n) is 4.66. The van der Waals surface area contributed by atoms with E-state index in [0.717, 1.165) is 5.56 Å². The Hall–Kier alpha value is -2.97. The molecule has 0 saturated carbocycles. The molecular weight excluding hydrogens is 462 g/mol. The summed E-state index contributed by atoms with van der Waals surface area (Å²) in [7, 11) is 0. The van der Waals surface area contributed by atoms with Crippen LogP contribution in [0.1, 0.15) is 26.3 Å². The number of hydrogen-bond donors (Lipinski definition) is 1. The van der Waals surface area contributed by atoms with Gasteiger partial charge in [0.05, 0.1) is 29.8 Å². The van der Waals surface area contributed by atoms with Crippen molar-refractivity contribution >= 4 is 35.0 Å². The summed E-state index contributed by atoms with van der Waals surface area (Å²) in [5, 5.41) is 7.91. The van der Waals surface area contributed by atoms with Gasteiger partial charge in [-0.3, -0.25) is 9.59 Å². The van der Waals surface area contributed by atoms with Crippen LogP contribution in [0.25, 0.3) is 5.69 Å². The number of amides is 1. The molecule has 1 unspecified atom stereocenters. The maximum Gasteiger partial charge on any atom is 0.271 e. The molecular formula is C24H26ClN3O4S. The Labute approximate surface area is 202 Å². The number of aromatic nitrogens is 2. The van der Waals surface area contributed by atoms with Crippen molar-refractivity contribution in [1.29, 1.82) is 0 Å². The van der Waals surface area contributed by atoms with Crippen molar-refractivity contribution in [2.75, 3.05) is 18.5 Å². The van der Waals surface area contributed by atoms with Crippen LogP contribution >= 0.6 is 23.4 Å². The van der Waals surface area contributed by atoms with Gasteiger partial charge < -0.3 is 14.8 Å². The highest BCUT2D eigenvalue weighted by molar-refractivity contribution is 8.00. The molecule has 0 aliphatic heterocycles. The summed E-state index contributed by atoms with van der Waals surface area (Å²) in [5.74, 6) is 0.976. The molecule has 0 spiro atoms. The van der Waals surface area contributed by atoms with Crippen LogP contribution in [0.15, 0.2) is 58.4 Å². The Kier molecular flexibility index (Phi) is 8.41. The second-order valence-corrected chi connectivity index (χ2v) is 8.90. The number of nitrogens with zero attached hydrogens (tertiary/aromatic N) is 2. The van der Waals surface area contributed by atoms with Gasteiger partial charge in [0.25, 0.3) is 5.56 Å². The first-order chi connectivity index (χ1) is 15.8. The predicted octanol–water partition coefficient (Wildman–Crippen LogP) is 5.11. The Morgan fingerprint density at radius 2 is 1.88 bits per heavy atom. The number of carbonyl (C=O) groups excluding carboxylic acids is 1. The van der Waals surface area contributed by atoms with Gasteiger partial charge in [0, 0.05) is 17.2 Å². The molecule has 0 radical (unpaired) electrons. The first kappa shape index (κ1) is 24.7. The normalized spacial score (nSPS) is 11.7. The largest absolute Gasteiger partial charge is 0.494 e. The molecule has 0 aliphatic rings. The number of halogens is 1. The van der Waals surface area contributed by atoms with E-state index in [9.17, 15) is 9.59 Å². The van der Waals surface area contributed by atoms with Crippen LogP contribution in [-0.4, -0.2) is 34.2 Å². The fourth-order valence-corrected chi connectivity index (χ4v) is 3.95. The fourth-order valence-electron chi connectivity index (χ4n) is 2.97. The number of anilines is 1. The summed E-state index contributed by atoms with van der Waals surface area (Å²) in [6.07, 6.45) is 0. The highest BCUT2D eigenvalue weighted by atomic mass is 35.5. The molecule has 7 nitrogen and oxygen atoms in total. The zero-order chi connectivity index (χ0) is 24.0. The fraction of sp³-hybridized carbons (Fsp3) is 0.292. The van der Waals surface area contributed by atoms with E-state index in [-0.39, 0.29) is 11.5 Å². The molecule has 1 atom stereocenters. The highest BCUT2D eigenvalue weighted by Crippen LogP contribution is 2.31. The minimum Gasteiger partial charge on any atom is -0.494 e. The third-order valence-corrected chi connectivity index (χ3v) is 6.10. The van der Waals surface area contributed by atoms with Crippen LogP contribution in [0.2, 0.25) is 5.02 Å². The summed E-state index contributed by atoms with van der Waals surface area (Å²) >= 11 is 7.45. The quantitative estimate of drug-likeness (QED) is 0.422. The van der Waals surface area contributed by atoms with E-state index in [2.05, 4.69) is 10.4 Å². The summed E-state index contributed by atoms with van der Waals surface area (Å²) in [6.45, 7) is 8.41. The molecule has 1 heterocycles. The SMILES string of the molecule is CCOc1ccc(OCC)c(NC(=O)C(C)Sc2ccc(=O)n(-c3ccc(C)c(Cl)c3)n2)c1. The minimum absolute atomic E-state index is 0.229. The molecule has 174 valence electrons. The van der Waals surface area contributed by atoms with Crippen LogP contribution in [0, 0.1) is 6.92 Å². The van der Waals surface area contributed by atoms with Crippen molar-refractivity contribution in [3.63, 3.8) is 0 Å². The van der Waals surface area contributed by atoms with Crippen molar-refractivity contribution < 1.29 is 14.3 Å². The molecule has 3 rings (SSSR count). The predicted molar refractivity (Wildman–Crippen MR) is 132 cm³/mol. The van der Waals surface area contributed by atoms with Crippen LogP contribution < -0.4 is 20.3 Å². The third kappa shape index (κ3) is 6.30. The Bertz CT molecular complexity index is 1200. The number of nitrogens with one attached hydrogen (secondary N) is 1. The Balaban J connectivity index is 1.78. The van der Waals surface area contributed by atoms with Gasteiger partial charge in [-0.15, -0.1) is 0 Å². The highest BCUT2D eigenvalue weighted by Gasteiger charge is 2.18. The lowest BCUT2D eigenvalue weighted by Crippen LogP contribution is -2.24. The minimum atomic E-state index is -0.490. The zero-order valence-electron chi connectivity index (χ0n) is 18.9. The second-order valence-electron chi connectivity index (χ2n) is 7.13. The van der Waals surface area contributed by atoms with Crippen molar-refractivity contribution in [3.05, 3.63) is 69.5 Å². The van der Waals surface area contributed by atoms with Crippen molar-refractivity contribution in [2.45, 2.75) is 38.0 Å². The molecule has 33 heavy (non-hydrogen) atoms. The summed E-state index contributed by atoms with van der Waals surface area (Å²) in [6, 6.07) is 13.6. The first-order valence-electron chi connectivity index (χ1n) is 10.6. The van der Waals surface area contributed by atoms with E-state index >= 15 is 0 Å². The lowest BCUT2D eigenvalue weighted by Gasteiger charge is -2.16. The standard InChI is InChI=1S/C24H26ClN3O4S/c1-5-31-18-9-10-21(32-6-2)20(14-18)26-24(30)16(4)33-22-11-12-23(29)28(27-22)17-8-7-15(3)19(25)13-17/h7-14,16H,5-6H2,1-4H3,(H,26,30). The van der Waals surface area contributed by atoms with E-state index in [1.54, 1.807) is 43.3 Å². The number of carbonyl (C=O) groups is 1. The van der Waals surface area contributed by atoms with E-state index in [4.69, 9.17) is 21.1 Å². The van der Waals surface area contributed by atoms with Crippen LogP contribution in [0.4, 0.5) is 5.69 Å². The number of benzene rings is 2. The molecule has 2 aromatic carbocycles. The lowest BCUT2D eigenvalue weighted by molar-refractivity contribution is -0.115. The van der Waals surface area contributed by atoms with Crippen LogP contribution in [0.5, 0.6) is 11.5 Å². The number of hydrogen-bond acceptors (Lipinski definition) is 6. The van der Waals surface area contributed by atoms with E-state index in [0.29, 0.717) is 46.1 Å². The Morgan fingerprint density at radius 1 is 1.12 bits per heavy atom. The molecule has 0 bridgehead atoms. The summed E-state index contributed by atoms with van der Waals surface area (Å²) in [5.41, 5.74) is 1.71. The smallest absolute Gasteiger partial charge is 0.271 e. The molecule has 1 amide bonds. The second kappa shape index (κ2) is 11.2. The van der Waals surface area contributed by atoms with E-state index in [1.807, 2.05) is 26.8 Å². The first-order valence-corrected chi connectivity index (χ1v) is 11.8. The van der Waals surface area contributed by atoms with Crippen molar-refractivity contribution in [3.8, 4) is 17.2 Å². The van der Waals surface area contributed by atoms with Crippen LogP contribution in [0.3, 0.4) is 0 Å². The van der Waals surface area contributed by atoms with Gasteiger partial charge in [-0.05, 0) is 63.6 Å². The average Bonchev–Trinajstić information content (AvgIpc) is 2.79. The lowest BCUT2D eigenvalue weighted by atomic mass is 10.2. The number of thioether (sulfide) groups is 1. The molecule has 0 saturated heterocycles. The summed E-state index contributed by atoms with van der Waals surface area (Å²) in [4.78, 5) is 25.3. The molecule has 1 N–H and O–H groups in total. The molecule has 1 aromatic heterocycles. The van der Waals surface area contributed by atoms with Gasteiger partial charge in [0.1, 0.15) is 16.5 Å².